The Labute approximate surface area is 203 Å². The maximum Gasteiger partial charge on any atom is 0.265 e. The highest BCUT2D eigenvalue weighted by Gasteiger charge is 2.29. The molecule has 5 rings (SSSR count). The molecule has 0 spiro atoms. The summed E-state index contributed by atoms with van der Waals surface area (Å²) in [6, 6.07) is 20.8. The van der Waals surface area contributed by atoms with Crippen LogP contribution in [-0.2, 0) is 10.0 Å². The third kappa shape index (κ3) is 4.26. The van der Waals surface area contributed by atoms with E-state index in [9.17, 15) is 23.1 Å². The first-order chi connectivity index (χ1) is 16.9. The zero-order valence-electron chi connectivity index (χ0n) is 18.8. The number of aromatic nitrogens is 1. The van der Waals surface area contributed by atoms with Gasteiger partial charge in [0.05, 0.1) is 16.0 Å². The summed E-state index contributed by atoms with van der Waals surface area (Å²) in [6.07, 6.45) is 3.50. The van der Waals surface area contributed by atoms with Crippen LogP contribution < -0.4 is 4.72 Å². The Kier molecular flexibility index (Phi) is 6.00. The number of aromatic hydroxyl groups is 1. The highest BCUT2D eigenvalue weighted by molar-refractivity contribution is 7.89. The van der Waals surface area contributed by atoms with Crippen LogP contribution in [0.1, 0.15) is 52.0 Å². The molecule has 7 nitrogen and oxygen atoms in total. The molecule has 8 heteroatoms. The molecule has 178 valence electrons. The molecule has 1 heterocycles. The number of fused-ring (bicyclic) bond motifs is 1. The van der Waals surface area contributed by atoms with Crippen molar-refractivity contribution in [1.82, 2.24) is 9.29 Å². The minimum absolute atomic E-state index is 0.0247. The Morgan fingerprint density at radius 2 is 1.46 bits per heavy atom. The molecular weight excluding hydrogens is 464 g/mol. The number of nitrogens with zero attached hydrogens (tertiary/aromatic N) is 1. The van der Waals surface area contributed by atoms with E-state index in [1.54, 1.807) is 60.7 Å². The van der Waals surface area contributed by atoms with Crippen LogP contribution in [0.2, 0.25) is 0 Å². The van der Waals surface area contributed by atoms with Crippen molar-refractivity contribution in [2.75, 3.05) is 0 Å². The second kappa shape index (κ2) is 9.13. The van der Waals surface area contributed by atoms with Crippen LogP contribution in [0.25, 0.3) is 10.9 Å². The lowest BCUT2D eigenvalue weighted by Crippen LogP contribution is -2.32. The number of rotatable bonds is 6. The Balaban J connectivity index is 1.69. The molecule has 1 aliphatic carbocycles. The first kappa shape index (κ1) is 23.0. The van der Waals surface area contributed by atoms with Gasteiger partial charge in [0.2, 0.25) is 15.9 Å². The molecule has 1 fully saturated rings. The molecule has 0 bridgehead atoms. The van der Waals surface area contributed by atoms with Gasteiger partial charge in [-0.15, -0.1) is 0 Å². The number of benzene rings is 3. The first-order valence-electron chi connectivity index (χ1n) is 11.5. The average Bonchev–Trinajstić information content (AvgIpc) is 3.48. The highest BCUT2D eigenvalue weighted by Crippen LogP contribution is 2.35. The minimum Gasteiger partial charge on any atom is -0.494 e. The lowest BCUT2D eigenvalue weighted by Gasteiger charge is -2.13. The van der Waals surface area contributed by atoms with Gasteiger partial charge in [0, 0.05) is 22.6 Å². The standard InChI is InChI=1S/C27H24N2O5S/c30-25(18-9-3-1-4-10-18)24-22-17-21(35(33,34)28-20-13-7-8-14-20)15-16-23(22)29(27(24)32)26(31)19-11-5-2-6-12-19/h1-6,9-12,15-17,20,28,32H,7-8,13-14H2. The predicted molar refractivity (Wildman–Crippen MR) is 132 cm³/mol. The molecule has 3 aromatic carbocycles. The van der Waals surface area contributed by atoms with Crippen LogP contribution in [-0.4, -0.2) is 35.8 Å². The van der Waals surface area contributed by atoms with Crippen LogP contribution in [0.3, 0.4) is 0 Å². The van der Waals surface area contributed by atoms with Crippen LogP contribution in [0.4, 0.5) is 0 Å². The summed E-state index contributed by atoms with van der Waals surface area (Å²) < 4.78 is 30.0. The maximum atomic E-state index is 13.4. The monoisotopic (exact) mass is 488 g/mol. The van der Waals surface area contributed by atoms with E-state index in [1.165, 1.54) is 18.2 Å². The van der Waals surface area contributed by atoms with Crippen molar-refractivity contribution >= 4 is 32.6 Å². The first-order valence-corrected chi connectivity index (χ1v) is 12.9. The van der Waals surface area contributed by atoms with Gasteiger partial charge < -0.3 is 5.11 Å². The molecule has 0 atom stereocenters. The van der Waals surface area contributed by atoms with Crippen LogP contribution >= 0.6 is 0 Å². The van der Waals surface area contributed by atoms with E-state index < -0.39 is 27.6 Å². The van der Waals surface area contributed by atoms with Gasteiger partial charge in [-0.05, 0) is 43.2 Å². The van der Waals surface area contributed by atoms with Crippen molar-refractivity contribution in [3.8, 4) is 5.88 Å². The van der Waals surface area contributed by atoms with Gasteiger partial charge in [0.15, 0.2) is 5.78 Å². The Morgan fingerprint density at radius 3 is 2.09 bits per heavy atom. The normalized spacial score (nSPS) is 14.4. The molecule has 0 saturated heterocycles. The van der Waals surface area contributed by atoms with E-state index in [2.05, 4.69) is 4.72 Å². The van der Waals surface area contributed by atoms with Gasteiger partial charge in [-0.3, -0.25) is 9.59 Å². The summed E-state index contributed by atoms with van der Waals surface area (Å²) in [5, 5.41) is 11.3. The topological polar surface area (TPSA) is 105 Å². The number of carbonyl (C=O) groups excluding carboxylic acids is 2. The average molecular weight is 489 g/mol. The van der Waals surface area contributed by atoms with E-state index >= 15 is 0 Å². The number of nitrogens with one attached hydrogen (secondary N) is 1. The Bertz CT molecular complexity index is 1520. The molecule has 1 saturated carbocycles. The fourth-order valence-corrected chi connectivity index (χ4v) is 5.96. The van der Waals surface area contributed by atoms with Crippen molar-refractivity contribution < 1.29 is 23.1 Å². The van der Waals surface area contributed by atoms with E-state index in [0.717, 1.165) is 30.3 Å². The summed E-state index contributed by atoms with van der Waals surface area (Å²) in [5.74, 6) is -1.56. The Hall–Kier alpha value is -3.75. The maximum absolute atomic E-state index is 13.4. The van der Waals surface area contributed by atoms with Crippen molar-refractivity contribution in [3.05, 3.63) is 95.6 Å². The number of hydrogen-bond donors (Lipinski definition) is 2. The summed E-state index contributed by atoms with van der Waals surface area (Å²) in [6.45, 7) is 0. The number of sulfonamides is 1. The van der Waals surface area contributed by atoms with Gasteiger partial charge in [0.1, 0.15) is 0 Å². The van der Waals surface area contributed by atoms with E-state index in [4.69, 9.17) is 0 Å². The number of ketones is 1. The van der Waals surface area contributed by atoms with Crippen LogP contribution in [0.5, 0.6) is 5.88 Å². The predicted octanol–water partition coefficient (Wildman–Crippen LogP) is 4.49. The van der Waals surface area contributed by atoms with E-state index in [0.29, 0.717) is 11.1 Å². The quantitative estimate of drug-likeness (QED) is 0.389. The fraction of sp³-hybridized carbons (Fsp3) is 0.185. The Morgan fingerprint density at radius 1 is 0.857 bits per heavy atom. The van der Waals surface area contributed by atoms with Crippen molar-refractivity contribution in [3.63, 3.8) is 0 Å². The van der Waals surface area contributed by atoms with Gasteiger partial charge in [-0.25, -0.2) is 17.7 Å². The summed E-state index contributed by atoms with van der Waals surface area (Å²) in [7, 11) is -3.86. The summed E-state index contributed by atoms with van der Waals surface area (Å²) in [4.78, 5) is 26.7. The molecule has 0 aliphatic heterocycles. The zero-order valence-corrected chi connectivity index (χ0v) is 19.7. The second-order valence-corrected chi connectivity index (χ2v) is 10.4. The highest BCUT2D eigenvalue weighted by atomic mass is 32.2. The molecule has 0 radical (unpaired) electrons. The van der Waals surface area contributed by atoms with Crippen LogP contribution in [0.15, 0.2) is 83.8 Å². The molecular formula is C27H24N2O5S. The van der Waals surface area contributed by atoms with Crippen molar-refractivity contribution in [2.24, 2.45) is 0 Å². The van der Waals surface area contributed by atoms with Gasteiger partial charge in [-0.2, -0.15) is 0 Å². The van der Waals surface area contributed by atoms with Crippen molar-refractivity contribution in [2.45, 2.75) is 36.6 Å². The van der Waals surface area contributed by atoms with E-state index in [-0.39, 0.29) is 27.4 Å². The summed E-state index contributed by atoms with van der Waals surface area (Å²) in [5.41, 5.74) is 0.758. The molecule has 0 unspecified atom stereocenters. The third-order valence-corrected chi connectivity index (χ3v) is 7.91. The smallest absolute Gasteiger partial charge is 0.265 e. The van der Waals surface area contributed by atoms with Gasteiger partial charge >= 0.3 is 0 Å². The summed E-state index contributed by atoms with van der Waals surface area (Å²) >= 11 is 0. The largest absolute Gasteiger partial charge is 0.494 e. The molecule has 1 aliphatic rings. The fourth-order valence-electron chi connectivity index (χ4n) is 4.63. The van der Waals surface area contributed by atoms with Crippen LogP contribution in [0, 0.1) is 0 Å². The van der Waals surface area contributed by atoms with Gasteiger partial charge in [-0.1, -0.05) is 61.4 Å². The molecule has 4 aromatic rings. The molecule has 0 amide bonds. The minimum atomic E-state index is -3.86. The third-order valence-electron chi connectivity index (χ3n) is 6.39. The lowest BCUT2D eigenvalue weighted by molar-refractivity contribution is 0.0956. The lowest BCUT2D eigenvalue weighted by atomic mass is 10.0. The zero-order chi connectivity index (χ0) is 24.6. The molecule has 1 aromatic heterocycles. The van der Waals surface area contributed by atoms with Crippen molar-refractivity contribution in [1.29, 1.82) is 0 Å². The number of hydrogen-bond acceptors (Lipinski definition) is 5. The SMILES string of the molecule is O=C(c1ccccc1)c1c(O)n(C(=O)c2ccccc2)c2ccc(S(=O)(=O)NC3CCCC3)cc12. The second-order valence-electron chi connectivity index (χ2n) is 8.68. The molecule has 2 N–H and O–H groups in total. The van der Waals surface area contributed by atoms with E-state index in [1.807, 2.05) is 0 Å². The van der Waals surface area contributed by atoms with Gasteiger partial charge in [0.25, 0.3) is 5.91 Å². The molecule has 35 heavy (non-hydrogen) atoms. The number of carbonyl (C=O) groups is 2.